The normalized spacial score (nSPS) is 14.5. The summed E-state index contributed by atoms with van der Waals surface area (Å²) in [6, 6.07) is 19.9. The molecule has 40 heavy (non-hydrogen) atoms. The van der Waals surface area contributed by atoms with Gasteiger partial charge in [-0.2, -0.15) is 0 Å². The van der Waals surface area contributed by atoms with Gasteiger partial charge in [0.1, 0.15) is 18.4 Å². The lowest BCUT2D eigenvalue weighted by Crippen LogP contribution is -2.52. The maximum Gasteiger partial charge on any atom is 0.264 e. The Morgan fingerprint density at radius 2 is 1.52 bits per heavy atom. The van der Waals surface area contributed by atoms with Crippen LogP contribution in [0.2, 0.25) is 0 Å². The van der Waals surface area contributed by atoms with E-state index in [0.29, 0.717) is 11.3 Å². The molecular weight excluding hydrogens is 529 g/mol. The van der Waals surface area contributed by atoms with Gasteiger partial charge in [-0.3, -0.25) is 13.9 Å². The Bertz CT molecular complexity index is 1390. The van der Waals surface area contributed by atoms with Crippen LogP contribution < -0.4 is 9.62 Å². The molecule has 1 saturated carbocycles. The fraction of sp³-hybridized carbons (Fsp3) is 0.355. The third-order valence-electron chi connectivity index (χ3n) is 7.38. The number of aryl methyl sites for hydroxylation is 1. The summed E-state index contributed by atoms with van der Waals surface area (Å²) in [5, 5.41) is 3.04. The van der Waals surface area contributed by atoms with Crippen molar-refractivity contribution >= 4 is 27.5 Å². The SMILES string of the molecule is CCc1ccc(N(CC(=O)N(Cc2ccc(F)cc2)C(C)C(=O)NC2CCCC2)S(=O)(=O)c2ccccc2)cc1. The summed E-state index contributed by atoms with van der Waals surface area (Å²) in [4.78, 5) is 28.6. The van der Waals surface area contributed by atoms with Gasteiger partial charge in [0.15, 0.2) is 0 Å². The van der Waals surface area contributed by atoms with Crippen LogP contribution in [0, 0.1) is 5.82 Å². The van der Waals surface area contributed by atoms with E-state index < -0.39 is 34.3 Å². The van der Waals surface area contributed by atoms with Crippen molar-refractivity contribution in [2.45, 2.75) is 69.5 Å². The molecule has 212 valence electrons. The van der Waals surface area contributed by atoms with Crippen LogP contribution in [0.5, 0.6) is 0 Å². The molecule has 0 heterocycles. The zero-order valence-electron chi connectivity index (χ0n) is 22.9. The topological polar surface area (TPSA) is 86.8 Å². The Kier molecular flexibility index (Phi) is 9.58. The van der Waals surface area contributed by atoms with Crippen molar-refractivity contribution in [2.24, 2.45) is 0 Å². The first-order valence-electron chi connectivity index (χ1n) is 13.7. The summed E-state index contributed by atoms with van der Waals surface area (Å²) in [6.07, 6.45) is 4.65. The summed E-state index contributed by atoms with van der Waals surface area (Å²) >= 11 is 0. The Balaban J connectivity index is 1.67. The third-order valence-corrected chi connectivity index (χ3v) is 9.17. The van der Waals surface area contributed by atoms with Gasteiger partial charge in [0.05, 0.1) is 10.6 Å². The lowest BCUT2D eigenvalue weighted by atomic mass is 10.1. The number of carbonyl (C=O) groups is 2. The van der Waals surface area contributed by atoms with Crippen molar-refractivity contribution in [3.05, 3.63) is 95.8 Å². The van der Waals surface area contributed by atoms with Gasteiger partial charge in [-0.25, -0.2) is 12.8 Å². The lowest BCUT2D eigenvalue weighted by Gasteiger charge is -2.32. The largest absolute Gasteiger partial charge is 0.352 e. The van der Waals surface area contributed by atoms with Crippen LogP contribution in [0.1, 0.15) is 50.7 Å². The lowest BCUT2D eigenvalue weighted by molar-refractivity contribution is -0.139. The number of hydrogen-bond donors (Lipinski definition) is 1. The predicted molar refractivity (Wildman–Crippen MR) is 154 cm³/mol. The molecular formula is C31H36FN3O4S. The number of rotatable bonds is 11. The van der Waals surface area contributed by atoms with Crippen LogP contribution in [0.25, 0.3) is 0 Å². The summed E-state index contributed by atoms with van der Waals surface area (Å²) in [5.74, 6) is -1.26. The number of amides is 2. The van der Waals surface area contributed by atoms with Crippen LogP contribution in [0.4, 0.5) is 10.1 Å². The van der Waals surface area contributed by atoms with Crippen LogP contribution in [0.3, 0.4) is 0 Å². The standard InChI is InChI=1S/C31H36FN3O4S/c1-3-24-15-19-28(20-16-24)35(40(38,39)29-11-5-4-6-12-29)22-30(36)34(21-25-13-17-26(32)18-14-25)23(2)31(37)33-27-9-7-8-10-27/h4-6,11-20,23,27H,3,7-10,21-22H2,1-2H3,(H,33,37). The molecule has 1 fully saturated rings. The Morgan fingerprint density at radius 3 is 2.12 bits per heavy atom. The number of hydrogen-bond acceptors (Lipinski definition) is 4. The fourth-order valence-electron chi connectivity index (χ4n) is 4.91. The number of halogens is 1. The van der Waals surface area contributed by atoms with Crippen LogP contribution in [-0.4, -0.2) is 43.8 Å². The first-order valence-corrected chi connectivity index (χ1v) is 15.1. The molecule has 0 aliphatic heterocycles. The monoisotopic (exact) mass is 565 g/mol. The van der Waals surface area contributed by atoms with Gasteiger partial charge < -0.3 is 10.2 Å². The second kappa shape index (κ2) is 13.1. The predicted octanol–water partition coefficient (Wildman–Crippen LogP) is 5.06. The van der Waals surface area contributed by atoms with E-state index >= 15 is 0 Å². The Hall–Kier alpha value is -3.72. The minimum Gasteiger partial charge on any atom is -0.352 e. The van der Waals surface area contributed by atoms with Gasteiger partial charge in [-0.1, -0.05) is 62.2 Å². The maximum atomic E-state index is 13.9. The molecule has 0 bridgehead atoms. The zero-order chi connectivity index (χ0) is 28.7. The van der Waals surface area contributed by atoms with Crippen molar-refractivity contribution in [1.29, 1.82) is 0 Å². The fourth-order valence-corrected chi connectivity index (χ4v) is 6.34. The number of anilines is 1. The molecule has 3 aromatic carbocycles. The highest BCUT2D eigenvalue weighted by atomic mass is 32.2. The quantitative estimate of drug-likeness (QED) is 0.352. The molecule has 4 rings (SSSR count). The van der Waals surface area contributed by atoms with Crippen LogP contribution >= 0.6 is 0 Å². The minimum atomic E-state index is -4.11. The van der Waals surface area contributed by atoms with Gasteiger partial charge in [0.2, 0.25) is 11.8 Å². The van der Waals surface area contributed by atoms with Gasteiger partial charge in [0.25, 0.3) is 10.0 Å². The zero-order valence-corrected chi connectivity index (χ0v) is 23.7. The molecule has 0 spiro atoms. The first kappa shape index (κ1) is 29.3. The maximum absolute atomic E-state index is 13.9. The number of carbonyl (C=O) groups excluding carboxylic acids is 2. The summed E-state index contributed by atoms with van der Waals surface area (Å²) < 4.78 is 42.3. The highest BCUT2D eigenvalue weighted by Crippen LogP contribution is 2.25. The highest BCUT2D eigenvalue weighted by molar-refractivity contribution is 7.92. The van der Waals surface area contributed by atoms with Gasteiger partial charge >= 0.3 is 0 Å². The van der Waals surface area contributed by atoms with E-state index in [1.807, 2.05) is 19.1 Å². The van der Waals surface area contributed by atoms with Crippen LogP contribution in [0.15, 0.2) is 83.8 Å². The molecule has 1 aliphatic rings. The molecule has 0 saturated heterocycles. The van der Waals surface area contributed by atoms with E-state index in [4.69, 9.17) is 0 Å². The van der Waals surface area contributed by atoms with Gasteiger partial charge in [-0.05, 0) is 73.7 Å². The number of nitrogens with one attached hydrogen (secondary N) is 1. The molecule has 3 aromatic rings. The van der Waals surface area contributed by atoms with Crippen molar-refractivity contribution in [3.8, 4) is 0 Å². The van der Waals surface area contributed by atoms with E-state index in [-0.39, 0.29) is 23.4 Å². The number of sulfonamides is 1. The highest BCUT2D eigenvalue weighted by Gasteiger charge is 2.33. The summed E-state index contributed by atoms with van der Waals surface area (Å²) in [5.41, 5.74) is 2.00. The molecule has 0 aromatic heterocycles. The summed E-state index contributed by atoms with van der Waals surface area (Å²) in [7, 11) is -4.11. The molecule has 1 atom stereocenters. The van der Waals surface area contributed by atoms with E-state index in [1.54, 1.807) is 49.4 Å². The van der Waals surface area contributed by atoms with Crippen molar-refractivity contribution in [1.82, 2.24) is 10.2 Å². The van der Waals surface area contributed by atoms with E-state index in [0.717, 1.165) is 42.0 Å². The molecule has 1 N–H and O–H groups in total. The molecule has 1 aliphatic carbocycles. The van der Waals surface area contributed by atoms with Gasteiger partial charge in [0, 0.05) is 12.6 Å². The molecule has 1 unspecified atom stereocenters. The van der Waals surface area contributed by atoms with Crippen LogP contribution in [-0.2, 0) is 32.6 Å². The molecule has 2 amide bonds. The smallest absolute Gasteiger partial charge is 0.264 e. The first-order chi connectivity index (χ1) is 19.2. The second-order valence-electron chi connectivity index (χ2n) is 10.2. The van der Waals surface area contributed by atoms with Crippen molar-refractivity contribution < 1.29 is 22.4 Å². The van der Waals surface area contributed by atoms with E-state index in [2.05, 4.69) is 5.32 Å². The number of benzene rings is 3. The Morgan fingerprint density at radius 1 is 0.925 bits per heavy atom. The molecule has 7 nitrogen and oxygen atoms in total. The van der Waals surface area contributed by atoms with Gasteiger partial charge in [-0.15, -0.1) is 0 Å². The average molecular weight is 566 g/mol. The van der Waals surface area contributed by atoms with Crippen molar-refractivity contribution in [2.75, 3.05) is 10.8 Å². The Labute approximate surface area is 236 Å². The van der Waals surface area contributed by atoms with E-state index in [1.165, 1.54) is 29.2 Å². The second-order valence-corrected chi connectivity index (χ2v) is 12.0. The third kappa shape index (κ3) is 7.07. The molecule has 0 radical (unpaired) electrons. The summed E-state index contributed by atoms with van der Waals surface area (Å²) in [6.45, 7) is 3.15. The van der Waals surface area contributed by atoms with E-state index in [9.17, 15) is 22.4 Å². The van der Waals surface area contributed by atoms with Crippen molar-refractivity contribution in [3.63, 3.8) is 0 Å². The molecule has 9 heteroatoms. The average Bonchev–Trinajstić information content (AvgIpc) is 3.48. The number of nitrogens with zero attached hydrogens (tertiary/aromatic N) is 2. The minimum absolute atomic E-state index is 0.0202.